The number of sulfonamides is 1. The summed E-state index contributed by atoms with van der Waals surface area (Å²) in [7, 11) is -0.892. The van der Waals surface area contributed by atoms with Gasteiger partial charge in [-0.1, -0.05) is 17.7 Å². The number of methoxy groups -OCH3 is 2. The number of ether oxygens (including phenoxy) is 2. The van der Waals surface area contributed by atoms with Gasteiger partial charge in [-0.05, 0) is 48.4 Å². The van der Waals surface area contributed by atoms with Gasteiger partial charge < -0.3 is 14.8 Å². The molecule has 3 rings (SSSR count). The number of benzene rings is 2. The molecule has 2 aromatic carbocycles. The van der Waals surface area contributed by atoms with E-state index in [1.807, 2.05) is 0 Å². The molecule has 0 unspecified atom stereocenters. The fraction of sp³-hybridized carbons (Fsp3) is 0.316. The first-order chi connectivity index (χ1) is 13.4. The molecule has 1 aliphatic heterocycles. The molecular formula is C19H21ClN2O5S. The summed E-state index contributed by atoms with van der Waals surface area (Å²) in [6, 6.07) is 10.3. The van der Waals surface area contributed by atoms with Crippen LogP contribution in [-0.2, 0) is 21.4 Å². The second kappa shape index (κ2) is 8.38. The zero-order valence-corrected chi connectivity index (χ0v) is 17.1. The van der Waals surface area contributed by atoms with Crippen LogP contribution < -0.4 is 14.8 Å². The number of halogens is 1. The number of hydrogen-bond donors (Lipinski definition) is 1. The van der Waals surface area contributed by atoms with Crippen LogP contribution in [0.25, 0.3) is 0 Å². The van der Waals surface area contributed by atoms with Crippen LogP contribution in [0.5, 0.6) is 11.5 Å². The third kappa shape index (κ3) is 4.09. The van der Waals surface area contributed by atoms with Crippen molar-refractivity contribution in [2.45, 2.75) is 23.9 Å². The smallest absolute Gasteiger partial charge is 0.244 e. The van der Waals surface area contributed by atoms with E-state index in [0.29, 0.717) is 35.1 Å². The highest BCUT2D eigenvalue weighted by molar-refractivity contribution is 7.89. The lowest BCUT2D eigenvalue weighted by atomic mass is 10.1. The third-order valence-electron chi connectivity index (χ3n) is 4.57. The number of rotatable bonds is 7. The van der Waals surface area contributed by atoms with E-state index >= 15 is 0 Å². The Morgan fingerprint density at radius 2 is 1.79 bits per heavy atom. The fourth-order valence-corrected chi connectivity index (χ4v) is 4.85. The van der Waals surface area contributed by atoms with Crippen molar-refractivity contribution in [3.8, 4) is 11.5 Å². The third-order valence-corrected chi connectivity index (χ3v) is 6.69. The van der Waals surface area contributed by atoms with Gasteiger partial charge in [-0.15, -0.1) is 0 Å². The average Bonchev–Trinajstić information content (AvgIpc) is 3.11. The first kappa shape index (κ1) is 20.4. The highest BCUT2D eigenvalue weighted by Crippen LogP contribution is 2.30. The van der Waals surface area contributed by atoms with Crippen LogP contribution in [-0.4, -0.2) is 45.4 Å². The lowest BCUT2D eigenvalue weighted by Crippen LogP contribution is -2.43. The molecule has 0 bridgehead atoms. The van der Waals surface area contributed by atoms with Gasteiger partial charge in [0.2, 0.25) is 15.9 Å². The highest BCUT2D eigenvalue weighted by atomic mass is 35.5. The van der Waals surface area contributed by atoms with E-state index in [-0.39, 0.29) is 17.3 Å². The SMILES string of the molecule is COc1ccc(CN([C@@H]2CCNC2=O)S(=O)(=O)c2ccc(Cl)cc2)cc1OC. The summed E-state index contributed by atoms with van der Waals surface area (Å²) in [5, 5.41) is 3.13. The number of amides is 1. The highest BCUT2D eigenvalue weighted by Gasteiger charge is 2.38. The number of nitrogens with zero attached hydrogens (tertiary/aromatic N) is 1. The summed E-state index contributed by atoms with van der Waals surface area (Å²) in [4.78, 5) is 12.4. The first-order valence-electron chi connectivity index (χ1n) is 8.63. The zero-order chi connectivity index (χ0) is 20.3. The van der Waals surface area contributed by atoms with Gasteiger partial charge in [-0.2, -0.15) is 4.31 Å². The largest absolute Gasteiger partial charge is 0.493 e. The number of carbonyl (C=O) groups is 1. The summed E-state index contributed by atoms with van der Waals surface area (Å²) in [5.74, 6) is 0.717. The molecule has 28 heavy (non-hydrogen) atoms. The molecule has 9 heteroatoms. The van der Waals surface area contributed by atoms with Gasteiger partial charge in [0, 0.05) is 18.1 Å². The summed E-state index contributed by atoms with van der Waals surface area (Å²) in [6.07, 6.45) is 0.402. The summed E-state index contributed by atoms with van der Waals surface area (Å²) in [5.41, 5.74) is 0.676. The molecule has 0 saturated carbocycles. The van der Waals surface area contributed by atoms with E-state index in [4.69, 9.17) is 21.1 Å². The van der Waals surface area contributed by atoms with E-state index in [2.05, 4.69) is 5.32 Å². The van der Waals surface area contributed by atoms with E-state index < -0.39 is 16.1 Å². The van der Waals surface area contributed by atoms with Crippen LogP contribution >= 0.6 is 11.6 Å². The van der Waals surface area contributed by atoms with Gasteiger partial charge in [0.1, 0.15) is 6.04 Å². The van der Waals surface area contributed by atoms with Crippen LogP contribution in [0.2, 0.25) is 5.02 Å². The molecule has 1 fully saturated rings. The molecule has 1 amide bonds. The minimum Gasteiger partial charge on any atom is -0.493 e. The molecule has 1 saturated heterocycles. The van der Waals surface area contributed by atoms with E-state index in [1.54, 1.807) is 18.2 Å². The first-order valence-corrected chi connectivity index (χ1v) is 10.4. The maximum atomic E-state index is 13.3. The molecule has 150 valence electrons. The van der Waals surface area contributed by atoms with E-state index in [0.717, 1.165) is 0 Å². The van der Waals surface area contributed by atoms with E-state index in [1.165, 1.54) is 42.8 Å². The second-order valence-corrected chi connectivity index (χ2v) is 8.62. The average molecular weight is 425 g/mol. The van der Waals surface area contributed by atoms with Crippen molar-refractivity contribution in [2.75, 3.05) is 20.8 Å². The standard InChI is InChI=1S/C19H21ClN2O5S/c1-26-17-8-3-13(11-18(17)27-2)12-22(16-9-10-21-19(16)23)28(24,25)15-6-4-14(20)5-7-15/h3-8,11,16H,9-10,12H2,1-2H3,(H,21,23)/t16-/m1/s1. The van der Waals surface area contributed by atoms with Crippen molar-refractivity contribution in [1.82, 2.24) is 9.62 Å². The van der Waals surface area contributed by atoms with Gasteiger partial charge in [0.25, 0.3) is 0 Å². The Hall–Kier alpha value is -2.29. The van der Waals surface area contributed by atoms with Crippen LogP contribution in [0.4, 0.5) is 0 Å². The molecular weight excluding hydrogens is 404 g/mol. The van der Waals surface area contributed by atoms with Gasteiger partial charge >= 0.3 is 0 Å². The molecule has 1 atom stereocenters. The summed E-state index contributed by atoms with van der Waals surface area (Å²) in [6.45, 7) is 0.450. The van der Waals surface area contributed by atoms with Crippen LogP contribution in [0.3, 0.4) is 0 Å². The predicted molar refractivity (Wildman–Crippen MR) is 105 cm³/mol. The Kier molecular flexibility index (Phi) is 6.12. The molecule has 0 spiro atoms. The zero-order valence-electron chi connectivity index (χ0n) is 15.5. The molecule has 1 aliphatic rings. The summed E-state index contributed by atoms with van der Waals surface area (Å²) < 4.78 is 38.4. The van der Waals surface area contributed by atoms with Crippen molar-refractivity contribution in [3.05, 3.63) is 53.1 Å². The molecule has 0 aliphatic carbocycles. The van der Waals surface area contributed by atoms with Gasteiger partial charge in [-0.3, -0.25) is 4.79 Å². The Morgan fingerprint density at radius 3 is 2.36 bits per heavy atom. The minimum atomic E-state index is -3.93. The number of nitrogens with one attached hydrogen (secondary N) is 1. The molecule has 1 N–H and O–H groups in total. The van der Waals surface area contributed by atoms with Crippen molar-refractivity contribution in [3.63, 3.8) is 0 Å². The van der Waals surface area contributed by atoms with Crippen LogP contribution in [0, 0.1) is 0 Å². The quantitative estimate of drug-likeness (QED) is 0.737. The van der Waals surface area contributed by atoms with E-state index in [9.17, 15) is 13.2 Å². The minimum absolute atomic E-state index is 0.0173. The maximum absolute atomic E-state index is 13.3. The normalized spacial score (nSPS) is 16.9. The lowest BCUT2D eigenvalue weighted by Gasteiger charge is -2.27. The van der Waals surface area contributed by atoms with Crippen molar-refractivity contribution < 1.29 is 22.7 Å². The molecule has 0 radical (unpaired) electrons. The molecule has 2 aromatic rings. The van der Waals surface area contributed by atoms with Gasteiger partial charge in [0.15, 0.2) is 11.5 Å². The van der Waals surface area contributed by atoms with Gasteiger partial charge in [0.05, 0.1) is 19.1 Å². The molecule has 0 aromatic heterocycles. The number of hydrogen-bond acceptors (Lipinski definition) is 5. The van der Waals surface area contributed by atoms with Crippen molar-refractivity contribution >= 4 is 27.5 Å². The van der Waals surface area contributed by atoms with Crippen LogP contribution in [0.15, 0.2) is 47.4 Å². The topological polar surface area (TPSA) is 84.9 Å². The second-order valence-electron chi connectivity index (χ2n) is 6.29. The predicted octanol–water partition coefficient (Wildman–Crippen LogP) is 2.44. The van der Waals surface area contributed by atoms with Crippen molar-refractivity contribution in [1.29, 1.82) is 0 Å². The molecule has 1 heterocycles. The lowest BCUT2D eigenvalue weighted by molar-refractivity contribution is -0.122. The molecule has 7 nitrogen and oxygen atoms in total. The van der Waals surface area contributed by atoms with Crippen molar-refractivity contribution in [2.24, 2.45) is 0 Å². The number of carbonyl (C=O) groups excluding carboxylic acids is 1. The Bertz CT molecular complexity index is 963. The monoisotopic (exact) mass is 424 g/mol. The Labute approximate surface area is 169 Å². The maximum Gasteiger partial charge on any atom is 0.244 e. The Balaban J connectivity index is 2.00. The summed E-state index contributed by atoms with van der Waals surface area (Å²) >= 11 is 5.89. The fourth-order valence-electron chi connectivity index (χ4n) is 3.12. The van der Waals surface area contributed by atoms with Gasteiger partial charge in [-0.25, -0.2) is 8.42 Å². The Morgan fingerprint density at radius 1 is 1.11 bits per heavy atom. The van der Waals surface area contributed by atoms with Crippen LogP contribution in [0.1, 0.15) is 12.0 Å².